The van der Waals surface area contributed by atoms with Crippen LogP contribution in [0.5, 0.6) is 0 Å². The average molecular weight is 233 g/mol. The van der Waals surface area contributed by atoms with Gasteiger partial charge in [0.2, 0.25) is 0 Å². The lowest BCUT2D eigenvalue weighted by atomic mass is 10.2. The van der Waals surface area contributed by atoms with E-state index in [0.29, 0.717) is 0 Å². The van der Waals surface area contributed by atoms with E-state index in [4.69, 9.17) is 5.11 Å². The van der Waals surface area contributed by atoms with E-state index in [9.17, 15) is 4.79 Å². The second-order valence-corrected chi connectivity index (χ2v) is 4.32. The van der Waals surface area contributed by atoms with Crippen LogP contribution in [0.3, 0.4) is 0 Å². The van der Waals surface area contributed by atoms with Gasteiger partial charge in [0.1, 0.15) is 0 Å². The number of carbonyl (C=O) groups is 1. The van der Waals surface area contributed by atoms with Crippen LogP contribution in [0.2, 0.25) is 0 Å². The number of aromatic nitrogens is 1. The number of aromatic carboxylic acids is 1. The molecule has 0 fully saturated rings. The fourth-order valence-electron chi connectivity index (χ4n) is 1.39. The number of rotatable bonds is 3. The first kappa shape index (κ1) is 10.8. The molecule has 0 aliphatic rings. The van der Waals surface area contributed by atoms with Crippen molar-refractivity contribution in [2.24, 2.45) is 0 Å². The zero-order valence-corrected chi connectivity index (χ0v) is 9.62. The monoisotopic (exact) mass is 233 g/mol. The third-order valence-corrected chi connectivity index (χ3v) is 3.32. The lowest BCUT2D eigenvalue weighted by Gasteiger charge is -1.98. The molecule has 3 nitrogen and oxygen atoms in total. The maximum absolute atomic E-state index is 10.8. The summed E-state index contributed by atoms with van der Waals surface area (Å²) in [7, 11) is 0. The molecule has 0 aliphatic carbocycles. The normalized spacial score (nSPS) is 10.3. The molecule has 0 atom stereocenters. The standard InChI is InChI=1S/C12H11NO2S/c1-2-8-5-11(16-7-8)10-6-9(12(14)15)3-4-13-10/h3-7H,2H2,1H3,(H,14,15). The van der Waals surface area contributed by atoms with Crippen molar-refractivity contribution in [1.29, 1.82) is 0 Å². The third kappa shape index (κ3) is 2.12. The smallest absolute Gasteiger partial charge is 0.335 e. The predicted octanol–water partition coefficient (Wildman–Crippen LogP) is 3.07. The minimum absolute atomic E-state index is 0.274. The maximum atomic E-state index is 10.8. The van der Waals surface area contributed by atoms with Crippen molar-refractivity contribution in [2.45, 2.75) is 13.3 Å². The van der Waals surface area contributed by atoms with Crippen molar-refractivity contribution in [3.63, 3.8) is 0 Å². The Hall–Kier alpha value is -1.68. The summed E-state index contributed by atoms with van der Waals surface area (Å²) in [4.78, 5) is 16.0. The summed E-state index contributed by atoms with van der Waals surface area (Å²) in [5, 5.41) is 11.0. The molecule has 0 radical (unpaired) electrons. The molecular formula is C12H11NO2S. The predicted molar refractivity (Wildman–Crippen MR) is 63.9 cm³/mol. The molecule has 0 saturated heterocycles. The zero-order chi connectivity index (χ0) is 11.5. The molecule has 2 rings (SSSR count). The van der Waals surface area contributed by atoms with E-state index in [-0.39, 0.29) is 5.56 Å². The molecule has 1 N–H and O–H groups in total. The van der Waals surface area contributed by atoms with Gasteiger partial charge < -0.3 is 5.11 Å². The Bertz CT molecular complexity index is 519. The van der Waals surface area contributed by atoms with Crippen LogP contribution in [0.25, 0.3) is 10.6 Å². The maximum Gasteiger partial charge on any atom is 0.335 e. The van der Waals surface area contributed by atoms with E-state index in [1.165, 1.54) is 17.8 Å². The Morgan fingerprint density at radius 1 is 1.50 bits per heavy atom. The summed E-state index contributed by atoms with van der Waals surface area (Å²) in [5.74, 6) is -0.920. The van der Waals surface area contributed by atoms with E-state index in [1.54, 1.807) is 17.4 Å². The van der Waals surface area contributed by atoms with Crippen LogP contribution in [-0.2, 0) is 6.42 Å². The molecule has 4 heteroatoms. The van der Waals surface area contributed by atoms with Gasteiger partial charge in [0.25, 0.3) is 0 Å². The first-order valence-corrected chi connectivity index (χ1v) is 5.86. The topological polar surface area (TPSA) is 50.2 Å². The van der Waals surface area contributed by atoms with E-state index in [0.717, 1.165) is 17.0 Å². The van der Waals surface area contributed by atoms with Gasteiger partial charge in [-0.25, -0.2) is 4.79 Å². The largest absolute Gasteiger partial charge is 0.478 e. The van der Waals surface area contributed by atoms with Crippen LogP contribution >= 0.6 is 11.3 Å². The quantitative estimate of drug-likeness (QED) is 0.886. The molecule has 16 heavy (non-hydrogen) atoms. The molecule has 0 bridgehead atoms. The highest BCUT2D eigenvalue weighted by atomic mass is 32.1. The van der Waals surface area contributed by atoms with Crippen molar-refractivity contribution in [3.05, 3.63) is 40.9 Å². The summed E-state index contributed by atoms with van der Waals surface area (Å²) in [6.07, 6.45) is 2.51. The van der Waals surface area contributed by atoms with E-state index >= 15 is 0 Å². The highest BCUT2D eigenvalue weighted by Gasteiger charge is 2.07. The highest BCUT2D eigenvalue weighted by Crippen LogP contribution is 2.26. The van der Waals surface area contributed by atoms with Gasteiger partial charge in [-0.05, 0) is 35.6 Å². The number of thiophene rings is 1. The molecule has 0 aromatic carbocycles. The van der Waals surface area contributed by atoms with E-state index in [2.05, 4.69) is 23.4 Å². The summed E-state index contributed by atoms with van der Waals surface area (Å²) < 4.78 is 0. The minimum Gasteiger partial charge on any atom is -0.478 e. The van der Waals surface area contributed by atoms with Crippen LogP contribution in [-0.4, -0.2) is 16.1 Å². The summed E-state index contributed by atoms with van der Waals surface area (Å²) >= 11 is 1.59. The van der Waals surface area contributed by atoms with Crippen LogP contribution in [0, 0.1) is 0 Å². The van der Waals surface area contributed by atoms with Crippen molar-refractivity contribution < 1.29 is 9.90 Å². The molecule has 2 aromatic heterocycles. The lowest BCUT2D eigenvalue weighted by Crippen LogP contribution is -1.96. The number of carboxylic acids is 1. The summed E-state index contributed by atoms with van der Waals surface area (Å²) in [6.45, 7) is 2.09. The molecule has 0 amide bonds. The Kier molecular flexibility index (Phi) is 3.01. The summed E-state index contributed by atoms with van der Waals surface area (Å²) in [6, 6.07) is 5.16. The van der Waals surface area contributed by atoms with E-state index < -0.39 is 5.97 Å². The fraction of sp³-hybridized carbons (Fsp3) is 0.167. The first-order valence-electron chi connectivity index (χ1n) is 4.98. The number of nitrogens with zero attached hydrogens (tertiary/aromatic N) is 1. The highest BCUT2D eigenvalue weighted by molar-refractivity contribution is 7.13. The van der Waals surface area contributed by atoms with Gasteiger partial charge in [0, 0.05) is 6.20 Å². The van der Waals surface area contributed by atoms with Gasteiger partial charge in [-0.1, -0.05) is 6.92 Å². The van der Waals surface area contributed by atoms with Crippen molar-refractivity contribution >= 4 is 17.3 Å². The third-order valence-electron chi connectivity index (χ3n) is 2.32. The van der Waals surface area contributed by atoms with Gasteiger partial charge in [-0.3, -0.25) is 4.98 Å². The van der Waals surface area contributed by atoms with Gasteiger partial charge in [-0.2, -0.15) is 0 Å². The molecular weight excluding hydrogens is 222 g/mol. The van der Waals surface area contributed by atoms with Crippen molar-refractivity contribution in [1.82, 2.24) is 4.98 Å². The molecule has 2 aromatic rings. The Labute approximate surface area is 97.4 Å². The van der Waals surface area contributed by atoms with Gasteiger partial charge in [0.05, 0.1) is 16.1 Å². The zero-order valence-electron chi connectivity index (χ0n) is 8.80. The Morgan fingerprint density at radius 3 is 2.94 bits per heavy atom. The number of aryl methyl sites for hydroxylation is 1. The number of carboxylic acid groups (broad SMARTS) is 1. The van der Waals surface area contributed by atoms with Crippen LogP contribution in [0.4, 0.5) is 0 Å². The lowest BCUT2D eigenvalue weighted by molar-refractivity contribution is 0.0697. The average Bonchev–Trinajstić information content (AvgIpc) is 2.77. The Morgan fingerprint density at radius 2 is 2.31 bits per heavy atom. The second kappa shape index (κ2) is 4.45. The van der Waals surface area contributed by atoms with Crippen molar-refractivity contribution in [2.75, 3.05) is 0 Å². The van der Waals surface area contributed by atoms with Crippen molar-refractivity contribution in [3.8, 4) is 10.6 Å². The second-order valence-electron chi connectivity index (χ2n) is 3.41. The number of hydrogen-bond acceptors (Lipinski definition) is 3. The van der Waals surface area contributed by atoms with E-state index in [1.807, 2.05) is 0 Å². The van der Waals surface area contributed by atoms with Gasteiger partial charge >= 0.3 is 5.97 Å². The fourth-order valence-corrected chi connectivity index (χ4v) is 2.36. The van der Waals surface area contributed by atoms with Crippen LogP contribution in [0.1, 0.15) is 22.8 Å². The number of pyridine rings is 1. The van der Waals surface area contributed by atoms with Crippen LogP contribution in [0.15, 0.2) is 29.8 Å². The molecule has 2 heterocycles. The minimum atomic E-state index is -0.920. The Balaban J connectivity index is 2.40. The molecule has 82 valence electrons. The van der Waals surface area contributed by atoms with Gasteiger partial charge in [0.15, 0.2) is 0 Å². The number of hydrogen-bond donors (Lipinski definition) is 1. The SMILES string of the molecule is CCc1csc(-c2cc(C(=O)O)ccn2)c1. The summed E-state index contributed by atoms with van der Waals surface area (Å²) in [5.41, 5.74) is 2.25. The van der Waals surface area contributed by atoms with Gasteiger partial charge in [-0.15, -0.1) is 11.3 Å². The molecule has 0 unspecified atom stereocenters. The van der Waals surface area contributed by atoms with Crippen LogP contribution < -0.4 is 0 Å². The first-order chi connectivity index (χ1) is 7.70. The molecule has 0 aliphatic heterocycles. The molecule has 0 saturated carbocycles. The molecule has 0 spiro atoms.